The van der Waals surface area contributed by atoms with E-state index in [1.807, 2.05) is 0 Å². The summed E-state index contributed by atoms with van der Waals surface area (Å²) in [5.74, 6) is 0. The van der Waals surface area contributed by atoms with Gasteiger partial charge < -0.3 is 15.4 Å². The molecule has 3 nitrogen and oxygen atoms in total. The van der Waals surface area contributed by atoms with Crippen molar-refractivity contribution in [3.8, 4) is 0 Å². The average Bonchev–Trinajstić information content (AvgIpc) is 2.55. The first kappa shape index (κ1) is 19.8. The van der Waals surface area contributed by atoms with Gasteiger partial charge in [-0.25, -0.2) is 0 Å². The molecule has 0 aliphatic heterocycles. The molecule has 0 radical (unpaired) electrons. The van der Waals surface area contributed by atoms with Gasteiger partial charge in [0.15, 0.2) is 0 Å². The third-order valence-corrected chi connectivity index (χ3v) is 3.85. The highest BCUT2D eigenvalue weighted by molar-refractivity contribution is 5.53. The largest absolute Gasteiger partial charge is 0.385 e. The molecule has 1 rings (SSSR count). The molecule has 1 aromatic carbocycles. The first-order valence-electron chi connectivity index (χ1n) is 9.41. The zero-order valence-electron chi connectivity index (χ0n) is 15.4. The van der Waals surface area contributed by atoms with Crippen LogP contribution in [0.3, 0.4) is 0 Å². The highest BCUT2D eigenvalue weighted by Gasteiger charge is 1.96. The van der Waals surface area contributed by atoms with Gasteiger partial charge in [-0.15, -0.1) is 0 Å². The van der Waals surface area contributed by atoms with Crippen LogP contribution < -0.4 is 10.6 Å². The molecule has 132 valence electrons. The predicted molar refractivity (Wildman–Crippen MR) is 103 cm³/mol. The molecule has 0 atom stereocenters. The highest BCUT2D eigenvalue weighted by Crippen LogP contribution is 2.14. The fraction of sp³-hybridized carbons (Fsp3) is 0.700. The van der Waals surface area contributed by atoms with Crippen molar-refractivity contribution in [2.75, 3.05) is 30.3 Å². The molecule has 1 aromatic rings. The lowest BCUT2D eigenvalue weighted by Gasteiger charge is -2.10. The Morgan fingerprint density at radius 1 is 0.783 bits per heavy atom. The quantitative estimate of drug-likeness (QED) is 0.432. The van der Waals surface area contributed by atoms with Crippen molar-refractivity contribution in [3.05, 3.63) is 24.3 Å². The van der Waals surface area contributed by atoms with Crippen LogP contribution in [-0.4, -0.2) is 25.8 Å². The maximum atomic E-state index is 5.53. The van der Waals surface area contributed by atoms with E-state index >= 15 is 0 Å². The molecule has 0 aliphatic carbocycles. The van der Waals surface area contributed by atoms with Crippen LogP contribution in [0.4, 0.5) is 11.4 Å². The van der Waals surface area contributed by atoms with E-state index in [0.717, 1.165) is 26.1 Å². The summed E-state index contributed by atoms with van der Waals surface area (Å²) in [7, 11) is 0. The lowest BCUT2D eigenvalue weighted by molar-refractivity contribution is 0.0787. The van der Waals surface area contributed by atoms with Gasteiger partial charge >= 0.3 is 0 Å². The third-order valence-electron chi connectivity index (χ3n) is 3.85. The number of anilines is 2. The molecule has 0 aromatic heterocycles. The van der Waals surface area contributed by atoms with Gasteiger partial charge in [0, 0.05) is 31.1 Å². The fourth-order valence-corrected chi connectivity index (χ4v) is 2.47. The highest BCUT2D eigenvalue weighted by atomic mass is 16.5. The van der Waals surface area contributed by atoms with Crippen molar-refractivity contribution in [2.45, 2.75) is 71.8 Å². The molecule has 0 saturated heterocycles. The summed E-state index contributed by atoms with van der Waals surface area (Å²) >= 11 is 0. The second kappa shape index (κ2) is 13.2. The van der Waals surface area contributed by atoms with E-state index < -0.39 is 0 Å². The first-order valence-corrected chi connectivity index (χ1v) is 9.41. The van der Waals surface area contributed by atoms with Crippen LogP contribution in [-0.2, 0) is 4.74 Å². The minimum absolute atomic E-state index is 0.326. The van der Waals surface area contributed by atoms with E-state index in [4.69, 9.17) is 4.74 Å². The van der Waals surface area contributed by atoms with Gasteiger partial charge in [0.2, 0.25) is 0 Å². The summed E-state index contributed by atoms with van der Waals surface area (Å²) < 4.78 is 5.53. The summed E-state index contributed by atoms with van der Waals surface area (Å²) in [5.41, 5.74) is 2.40. The van der Waals surface area contributed by atoms with Gasteiger partial charge in [-0.1, -0.05) is 39.0 Å². The van der Waals surface area contributed by atoms with Crippen molar-refractivity contribution in [3.63, 3.8) is 0 Å². The van der Waals surface area contributed by atoms with Crippen molar-refractivity contribution in [1.29, 1.82) is 0 Å². The minimum atomic E-state index is 0.326. The Balaban J connectivity index is 2.06. The van der Waals surface area contributed by atoms with Gasteiger partial charge in [-0.05, 0) is 51.0 Å². The van der Waals surface area contributed by atoms with E-state index in [1.165, 1.54) is 49.9 Å². The second-order valence-corrected chi connectivity index (χ2v) is 6.47. The Hall–Kier alpha value is -1.22. The molecule has 0 amide bonds. The number of ether oxygens (including phenoxy) is 1. The Bertz CT molecular complexity index is 376. The van der Waals surface area contributed by atoms with Crippen LogP contribution in [0.1, 0.15) is 65.7 Å². The van der Waals surface area contributed by atoms with Crippen LogP contribution in [0.5, 0.6) is 0 Å². The number of rotatable bonds is 14. The zero-order chi connectivity index (χ0) is 16.8. The van der Waals surface area contributed by atoms with Crippen LogP contribution in [0.2, 0.25) is 0 Å². The molecule has 0 bridgehead atoms. The number of hydrogen-bond donors (Lipinski definition) is 2. The molecule has 23 heavy (non-hydrogen) atoms. The maximum absolute atomic E-state index is 5.53. The number of benzene rings is 1. The molecule has 2 N–H and O–H groups in total. The molecule has 3 heteroatoms. The van der Waals surface area contributed by atoms with Crippen molar-refractivity contribution < 1.29 is 4.74 Å². The number of hydrogen-bond acceptors (Lipinski definition) is 3. The standard InChI is InChI=1S/C20H36N2O/c1-4-5-6-7-8-9-15-21-19-11-13-20(14-12-19)22-16-10-17-23-18(2)3/h11-14,18,21-22H,4-10,15-17H2,1-3H3. The number of unbranched alkanes of at least 4 members (excludes halogenated alkanes) is 5. The zero-order valence-corrected chi connectivity index (χ0v) is 15.4. The summed E-state index contributed by atoms with van der Waals surface area (Å²) in [6.07, 6.45) is 9.43. The van der Waals surface area contributed by atoms with Gasteiger partial charge in [-0.2, -0.15) is 0 Å². The smallest absolute Gasteiger partial charge is 0.0518 e. The molecule has 0 fully saturated rings. The molecule has 0 aliphatic rings. The Morgan fingerprint density at radius 2 is 1.30 bits per heavy atom. The Morgan fingerprint density at radius 3 is 1.87 bits per heavy atom. The molecule has 0 spiro atoms. The molecular formula is C20H36N2O. The van der Waals surface area contributed by atoms with E-state index in [-0.39, 0.29) is 0 Å². The van der Waals surface area contributed by atoms with Gasteiger partial charge in [-0.3, -0.25) is 0 Å². The van der Waals surface area contributed by atoms with Crippen LogP contribution >= 0.6 is 0 Å². The van der Waals surface area contributed by atoms with Crippen LogP contribution in [0.15, 0.2) is 24.3 Å². The summed E-state index contributed by atoms with van der Waals surface area (Å²) in [4.78, 5) is 0. The monoisotopic (exact) mass is 320 g/mol. The third kappa shape index (κ3) is 11.0. The predicted octanol–water partition coefficient (Wildman–Crippen LogP) is 5.69. The van der Waals surface area contributed by atoms with Gasteiger partial charge in [0.25, 0.3) is 0 Å². The number of nitrogens with one attached hydrogen (secondary N) is 2. The van der Waals surface area contributed by atoms with Crippen molar-refractivity contribution in [2.24, 2.45) is 0 Å². The average molecular weight is 321 g/mol. The normalized spacial score (nSPS) is 11.0. The van der Waals surface area contributed by atoms with Crippen LogP contribution in [0.25, 0.3) is 0 Å². The summed E-state index contributed by atoms with van der Waals surface area (Å²) in [6.45, 7) is 9.26. The Labute approximate surface area is 143 Å². The Kier molecular flexibility index (Phi) is 11.4. The minimum Gasteiger partial charge on any atom is -0.385 e. The summed E-state index contributed by atoms with van der Waals surface area (Å²) in [5, 5.41) is 6.94. The molecular weight excluding hydrogens is 284 g/mol. The molecule has 0 heterocycles. The van der Waals surface area contributed by atoms with Crippen LogP contribution in [0, 0.1) is 0 Å². The fourth-order valence-electron chi connectivity index (χ4n) is 2.47. The van der Waals surface area contributed by atoms with Crippen molar-refractivity contribution in [1.82, 2.24) is 0 Å². The SMILES string of the molecule is CCCCCCCCNc1ccc(NCCCOC(C)C)cc1. The first-order chi connectivity index (χ1) is 11.2. The van der Waals surface area contributed by atoms with Gasteiger partial charge in [0.05, 0.1) is 6.10 Å². The van der Waals surface area contributed by atoms with E-state index in [1.54, 1.807) is 0 Å². The van der Waals surface area contributed by atoms with E-state index in [0.29, 0.717) is 6.10 Å². The molecule has 0 unspecified atom stereocenters. The van der Waals surface area contributed by atoms with Gasteiger partial charge in [0.1, 0.15) is 0 Å². The lowest BCUT2D eigenvalue weighted by Crippen LogP contribution is -2.09. The lowest BCUT2D eigenvalue weighted by atomic mass is 10.1. The van der Waals surface area contributed by atoms with Crippen molar-refractivity contribution >= 4 is 11.4 Å². The van der Waals surface area contributed by atoms with E-state index in [2.05, 4.69) is 55.7 Å². The second-order valence-electron chi connectivity index (χ2n) is 6.47. The maximum Gasteiger partial charge on any atom is 0.0518 e. The summed E-state index contributed by atoms with van der Waals surface area (Å²) in [6, 6.07) is 8.60. The van der Waals surface area contributed by atoms with E-state index in [9.17, 15) is 0 Å². The topological polar surface area (TPSA) is 33.3 Å². The molecule has 0 saturated carbocycles.